The largest absolute Gasteiger partial charge is 0.387 e. The molecule has 0 bridgehead atoms. The quantitative estimate of drug-likeness (QED) is 0.757. The van der Waals surface area contributed by atoms with Gasteiger partial charge in [-0.25, -0.2) is 13.1 Å². The van der Waals surface area contributed by atoms with E-state index in [1.165, 1.54) is 0 Å². The van der Waals surface area contributed by atoms with Crippen molar-refractivity contribution in [3.05, 3.63) is 24.3 Å². The lowest BCUT2D eigenvalue weighted by atomic mass is 10.3. The number of hydrogen-bond donors (Lipinski definition) is 2. The Bertz CT molecular complexity index is 484. The summed E-state index contributed by atoms with van der Waals surface area (Å²) >= 11 is 0. The second-order valence-corrected chi connectivity index (χ2v) is 5.91. The number of anilines is 1. The van der Waals surface area contributed by atoms with Crippen molar-refractivity contribution in [3.8, 4) is 0 Å². The summed E-state index contributed by atoms with van der Waals surface area (Å²) in [7, 11) is -1.74. The Hall–Kier alpha value is -1.11. The molecule has 6 heteroatoms. The van der Waals surface area contributed by atoms with Gasteiger partial charge in [0.25, 0.3) is 0 Å². The van der Waals surface area contributed by atoms with Crippen molar-refractivity contribution >= 4 is 15.7 Å². The number of benzene rings is 1. The molecule has 0 aliphatic rings. The van der Waals surface area contributed by atoms with E-state index in [9.17, 15) is 8.42 Å². The smallest absolute Gasteiger partial charge is 0.242 e. The highest BCUT2D eigenvalue weighted by Crippen LogP contribution is 2.19. The summed E-state index contributed by atoms with van der Waals surface area (Å²) in [6.07, 6.45) is 0. The average molecular weight is 285 g/mol. The first-order valence-corrected chi connectivity index (χ1v) is 8.02. The Morgan fingerprint density at radius 3 is 2.37 bits per heavy atom. The summed E-state index contributed by atoms with van der Waals surface area (Å²) in [4.78, 5) is 2.46. The van der Waals surface area contributed by atoms with Crippen LogP contribution in [0.25, 0.3) is 0 Å². The molecular formula is C13H23N3O2S. The third-order valence-electron chi connectivity index (χ3n) is 3.06. The molecule has 0 saturated carbocycles. The molecule has 0 saturated heterocycles. The first-order chi connectivity index (χ1) is 9.05. The van der Waals surface area contributed by atoms with Crippen molar-refractivity contribution < 1.29 is 8.42 Å². The van der Waals surface area contributed by atoms with Crippen molar-refractivity contribution in [2.45, 2.75) is 18.7 Å². The van der Waals surface area contributed by atoms with Crippen LogP contribution in [0.3, 0.4) is 0 Å². The molecular weight excluding hydrogens is 262 g/mol. The fourth-order valence-electron chi connectivity index (χ4n) is 1.86. The van der Waals surface area contributed by atoms with Crippen molar-refractivity contribution in [3.63, 3.8) is 0 Å². The van der Waals surface area contributed by atoms with Crippen LogP contribution in [0.4, 0.5) is 5.69 Å². The molecule has 19 heavy (non-hydrogen) atoms. The van der Waals surface area contributed by atoms with Gasteiger partial charge in [0.2, 0.25) is 10.0 Å². The minimum Gasteiger partial charge on any atom is -0.387 e. The fourth-order valence-corrected chi connectivity index (χ4v) is 3.10. The highest BCUT2D eigenvalue weighted by molar-refractivity contribution is 7.89. The zero-order chi connectivity index (χ0) is 14.3. The normalized spacial score (nSPS) is 11.8. The lowest BCUT2D eigenvalue weighted by Gasteiger charge is -2.18. The second-order valence-electron chi connectivity index (χ2n) is 4.17. The van der Waals surface area contributed by atoms with E-state index in [4.69, 9.17) is 0 Å². The van der Waals surface area contributed by atoms with Gasteiger partial charge in [-0.1, -0.05) is 26.0 Å². The maximum absolute atomic E-state index is 12.2. The summed E-state index contributed by atoms with van der Waals surface area (Å²) in [5.74, 6) is 0. The summed E-state index contributed by atoms with van der Waals surface area (Å²) in [5, 5.41) is 2.89. The van der Waals surface area contributed by atoms with Crippen LogP contribution >= 0.6 is 0 Å². The number of likely N-dealkylation sites (N-methyl/N-ethyl adjacent to an activating group) is 1. The number of rotatable bonds is 8. The Morgan fingerprint density at radius 1 is 1.16 bits per heavy atom. The standard InChI is InChI=1S/C13H23N3O2S/c1-4-16(5-2)11-10-15-19(17,18)13-9-7-6-8-12(13)14-3/h6-9,14-15H,4-5,10-11H2,1-3H3. The van der Waals surface area contributed by atoms with Gasteiger partial charge in [-0.15, -0.1) is 0 Å². The molecule has 0 fully saturated rings. The SMILES string of the molecule is CCN(CC)CCNS(=O)(=O)c1ccccc1NC. The molecule has 0 aliphatic carbocycles. The molecule has 0 atom stereocenters. The number of para-hydroxylation sites is 1. The second kappa shape index (κ2) is 7.47. The molecule has 0 aromatic heterocycles. The van der Waals surface area contributed by atoms with Crippen LogP contribution in [0.5, 0.6) is 0 Å². The van der Waals surface area contributed by atoms with E-state index in [-0.39, 0.29) is 4.90 Å². The minimum absolute atomic E-state index is 0.289. The zero-order valence-electron chi connectivity index (χ0n) is 11.8. The summed E-state index contributed by atoms with van der Waals surface area (Å²) in [6, 6.07) is 6.88. The molecule has 1 rings (SSSR count). The number of nitrogens with one attached hydrogen (secondary N) is 2. The maximum Gasteiger partial charge on any atom is 0.242 e. The van der Waals surface area contributed by atoms with E-state index in [2.05, 4.69) is 28.8 Å². The summed E-state index contributed by atoms with van der Waals surface area (Å²) in [5.41, 5.74) is 0.609. The van der Waals surface area contributed by atoms with E-state index < -0.39 is 10.0 Å². The molecule has 1 aromatic carbocycles. The van der Waals surface area contributed by atoms with Gasteiger partial charge in [-0.05, 0) is 25.2 Å². The molecule has 0 heterocycles. The number of sulfonamides is 1. The van der Waals surface area contributed by atoms with Crippen LogP contribution in [0.15, 0.2) is 29.2 Å². The predicted octanol–water partition coefficient (Wildman–Crippen LogP) is 1.35. The minimum atomic E-state index is -3.45. The zero-order valence-corrected chi connectivity index (χ0v) is 12.6. The lowest BCUT2D eigenvalue weighted by Crippen LogP contribution is -2.35. The predicted molar refractivity (Wildman–Crippen MR) is 79.0 cm³/mol. The highest BCUT2D eigenvalue weighted by Gasteiger charge is 2.17. The van der Waals surface area contributed by atoms with Gasteiger partial charge in [0.15, 0.2) is 0 Å². The van der Waals surface area contributed by atoms with Crippen molar-refractivity contribution in [1.29, 1.82) is 0 Å². The van der Waals surface area contributed by atoms with E-state index >= 15 is 0 Å². The fraction of sp³-hybridized carbons (Fsp3) is 0.538. The molecule has 5 nitrogen and oxygen atoms in total. The topological polar surface area (TPSA) is 61.4 Å². The molecule has 0 amide bonds. The Morgan fingerprint density at radius 2 is 1.79 bits per heavy atom. The Labute approximate surface area is 116 Å². The Balaban J connectivity index is 2.71. The van der Waals surface area contributed by atoms with Crippen LogP contribution in [-0.2, 0) is 10.0 Å². The van der Waals surface area contributed by atoms with E-state index in [1.54, 1.807) is 31.3 Å². The van der Waals surface area contributed by atoms with Crippen LogP contribution < -0.4 is 10.0 Å². The molecule has 2 N–H and O–H groups in total. The van der Waals surface area contributed by atoms with Gasteiger partial charge in [0.1, 0.15) is 4.90 Å². The van der Waals surface area contributed by atoms with Gasteiger partial charge in [-0.2, -0.15) is 0 Å². The molecule has 0 unspecified atom stereocenters. The number of nitrogens with zero attached hydrogens (tertiary/aromatic N) is 1. The third-order valence-corrected chi connectivity index (χ3v) is 4.58. The Kier molecular flexibility index (Phi) is 6.27. The van der Waals surface area contributed by atoms with Gasteiger partial charge in [-0.3, -0.25) is 0 Å². The maximum atomic E-state index is 12.2. The van der Waals surface area contributed by atoms with E-state index in [0.29, 0.717) is 18.8 Å². The van der Waals surface area contributed by atoms with Gasteiger partial charge < -0.3 is 10.2 Å². The van der Waals surface area contributed by atoms with Crippen molar-refractivity contribution in [2.24, 2.45) is 0 Å². The van der Waals surface area contributed by atoms with E-state index in [0.717, 1.165) is 13.1 Å². The lowest BCUT2D eigenvalue weighted by molar-refractivity contribution is 0.309. The van der Waals surface area contributed by atoms with Crippen LogP contribution in [0.1, 0.15) is 13.8 Å². The summed E-state index contributed by atoms with van der Waals surface area (Å²) in [6.45, 7) is 7.11. The van der Waals surface area contributed by atoms with Crippen molar-refractivity contribution in [1.82, 2.24) is 9.62 Å². The van der Waals surface area contributed by atoms with Crippen LogP contribution in [-0.4, -0.2) is 46.5 Å². The highest BCUT2D eigenvalue weighted by atomic mass is 32.2. The van der Waals surface area contributed by atoms with Gasteiger partial charge >= 0.3 is 0 Å². The molecule has 0 spiro atoms. The van der Waals surface area contributed by atoms with Gasteiger partial charge in [0, 0.05) is 20.1 Å². The first-order valence-electron chi connectivity index (χ1n) is 6.54. The average Bonchev–Trinajstić information content (AvgIpc) is 2.43. The van der Waals surface area contributed by atoms with Crippen molar-refractivity contribution in [2.75, 3.05) is 38.5 Å². The molecule has 108 valence electrons. The first kappa shape index (κ1) is 15.9. The molecule has 1 aromatic rings. The molecule has 0 radical (unpaired) electrons. The third kappa shape index (κ3) is 4.49. The van der Waals surface area contributed by atoms with E-state index in [1.807, 2.05) is 0 Å². The molecule has 0 aliphatic heterocycles. The van der Waals surface area contributed by atoms with Crippen LogP contribution in [0.2, 0.25) is 0 Å². The summed E-state index contributed by atoms with van der Waals surface area (Å²) < 4.78 is 27.0. The monoisotopic (exact) mass is 285 g/mol. The van der Waals surface area contributed by atoms with Gasteiger partial charge in [0.05, 0.1) is 5.69 Å². The number of hydrogen-bond acceptors (Lipinski definition) is 4. The van der Waals surface area contributed by atoms with Crippen LogP contribution in [0, 0.1) is 0 Å².